The quantitative estimate of drug-likeness (QED) is 0.847. The van der Waals surface area contributed by atoms with E-state index in [0.29, 0.717) is 6.54 Å². The lowest BCUT2D eigenvalue weighted by atomic mass is 10.1. The third-order valence-electron chi connectivity index (χ3n) is 2.21. The van der Waals surface area contributed by atoms with Crippen molar-refractivity contribution in [2.45, 2.75) is 13.0 Å². The van der Waals surface area contributed by atoms with Gasteiger partial charge in [-0.05, 0) is 29.8 Å². The van der Waals surface area contributed by atoms with Crippen LogP contribution >= 0.6 is 11.3 Å². The third-order valence-corrected chi connectivity index (χ3v) is 3.32. The van der Waals surface area contributed by atoms with Crippen molar-refractivity contribution in [2.75, 3.05) is 0 Å². The first kappa shape index (κ1) is 10.3. The number of rotatable bonds is 3. The molecule has 0 fully saturated rings. The first-order chi connectivity index (χ1) is 7.28. The zero-order valence-corrected chi connectivity index (χ0v) is 9.06. The van der Waals surface area contributed by atoms with Crippen molar-refractivity contribution < 1.29 is 4.39 Å². The van der Waals surface area contributed by atoms with Crippen LogP contribution in [0.15, 0.2) is 36.4 Å². The monoisotopic (exact) mass is 221 g/mol. The first-order valence-electron chi connectivity index (χ1n) is 4.80. The van der Waals surface area contributed by atoms with Crippen LogP contribution in [0.25, 0.3) is 0 Å². The van der Waals surface area contributed by atoms with Crippen molar-refractivity contribution in [1.29, 1.82) is 0 Å². The minimum Gasteiger partial charge on any atom is -0.326 e. The predicted octanol–water partition coefficient (Wildman–Crippen LogP) is 2.94. The summed E-state index contributed by atoms with van der Waals surface area (Å²) in [5, 5.41) is 0. The molecule has 0 unspecified atom stereocenters. The van der Waals surface area contributed by atoms with Crippen LogP contribution in [0.2, 0.25) is 0 Å². The van der Waals surface area contributed by atoms with Crippen LogP contribution in [0, 0.1) is 5.82 Å². The second-order valence-corrected chi connectivity index (χ2v) is 4.63. The van der Waals surface area contributed by atoms with E-state index >= 15 is 0 Å². The molecule has 0 aliphatic heterocycles. The molecule has 2 aromatic rings. The summed E-state index contributed by atoms with van der Waals surface area (Å²) in [7, 11) is 0. The van der Waals surface area contributed by atoms with Crippen molar-refractivity contribution in [3.05, 3.63) is 57.5 Å². The molecular weight excluding hydrogens is 209 g/mol. The van der Waals surface area contributed by atoms with Gasteiger partial charge < -0.3 is 5.73 Å². The maximum absolute atomic E-state index is 12.7. The highest BCUT2D eigenvalue weighted by molar-refractivity contribution is 7.12. The Bertz CT molecular complexity index is 433. The van der Waals surface area contributed by atoms with E-state index in [1.165, 1.54) is 21.9 Å². The highest BCUT2D eigenvalue weighted by Crippen LogP contribution is 2.19. The Balaban J connectivity index is 2.11. The van der Waals surface area contributed by atoms with Gasteiger partial charge in [-0.2, -0.15) is 0 Å². The molecule has 2 N–H and O–H groups in total. The Labute approximate surface area is 92.4 Å². The first-order valence-corrected chi connectivity index (χ1v) is 5.61. The molecule has 0 amide bonds. The van der Waals surface area contributed by atoms with Gasteiger partial charge >= 0.3 is 0 Å². The fourth-order valence-electron chi connectivity index (χ4n) is 1.43. The molecule has 15 heavy (non-hydrogen) atoms. The molecule has 0 saturated heterocycles. The summed E-state index contributed by atoms with van der Waals surface area (Å²) in [5.41, 5.74) is 6.66. The normalized spacial score (nSPS) is 10.5. The number of hydrogen-bond donors (Lipinski definition) is 1. The van der Waals surface area contributed by atoms with Crippen LogP contribution in [-0.2, 0) is 13.0 Å². The standard InChI is InChI=1S/C12H12FNS/c13-10-3-1-9(2-4-10)7-11-5-6-12(8-14)15-11/h1-6H,7-8,14H2. The van der Waals surface area contributed by atoms with E-state index in [1.54, 1.807) is 11.3 Å². The number of thiophene rings is 1. The number of benzene rings is 1. The van der Waals surface area contributed by atoms with Crippen molar-refractivity contribution in [2.24, 2.45) is 5.73 Å². The van der Waals surface area contributed by atoms with Gasteiger partial charge in [-0.1, -0.05) is 12.1 Å². The molecular formula is C12H12FNS. The molecule has 0 bridgehead atoms. The Morgan fingerprint density at radius 1 is 1.00 bits per heavy atom. The van der Waals surface area contributed by atoms with Crippen LogP contribution < -0.4 is 5.73 Å². The molecule has 0 saturated carbocycles. The van der Waals surface area contributed by atoms with Crippen LogP contribution in [0.4, 0.5) is 4.39 Å². The maximum Gasteiger partial charge on any atom is 0.123 e. The molecule has 0 atom stereocenters. The highest BCUT2D eigenvalue weighted by Gasteiger charge is 2.00. The van der Waals surface area contributed by atoms with Crippen LogP contribution in [-0.4, -0.2) is 0 Å². The molecule has 3 heteroatoms. The van der Waals surface area contributed by atoms with E-state index < -0.39 is 0 Å². The SMILES string of the molecule is NCc1ccc(Cc2ccc(F)cc2)s1. The minimum absolute atomic E-state index is 0.187. The van der Waals surface area contributed by atoms with Crippen molar-refractivity contribution >= 4 is 11.3 Å². The Hall–Kier alpha value is -1.19. The predicted molar refractivity (Wildman–Crippen MR) is 61.4 cm³/mol. The van der Waals surface area contributed by atoms with Gasteiger partial charge in [0, 0.05) is 22.7 Å². The molecule has 1 aromatic carbocycles. The molecule has 1 nitrogen and oxygen atoms in total. The van der Waals surface area contributed by atoms with E-state index in [9.17, 15) is 4.39 Å². The van der Waals surface area contributed by atoms with E-state index in [0.717, 1.165) is 12.0 Å². The molecule has 0 aliphatic rings. The van der Waals surface area contributed by atoms with Crippen molar-refractivity contribution in [1.82, 2.24) is 0 Å². The third kappa shape index (κ3) is 2.64. The summed E-state index contributed by atoms with van der Waals surface area (Å²) in [6.07, 6.45) is 0.852. The van der Waals surface area contributed by atoms with Gasteiger partial charge in [0.2, 0.25) is 0 Å². The van der Waals surface area contributed by atoms with E-state index in [2.05, 4.69) is 6.07 Å². The van der Waals surface area contributed by atoms with Gasteiger partial charge in [0.1, 0.15) is 5.82 Å². The van der Waals surface area contributed by atoms with Crippen molar-refractivity contribution in [3.63, 3.8) is 0 Å². The number of hydrogen-bond acceptors (Lipinski definition) is 2. The van der Waals surface area contributed by atoms with Gasteiger partial charge in [-0.15, -0.1) is 11.3 Å². The van der Waals surface area contributed by atoms with Gasteiger partial charge in [-0.3, -0.25) is 0 Å². The van der Waals surface area contributed by atoms with Gasteiger partial charge in [0.25, 0.3) is 0 Å². The Kier molecular flexibility index (Phi) is 3.14. The molecule has 1 heterocycles. The second-order valence-electron chi connectivity index (χ2n) is 3.38. The van der Waals surface area contributed by atoms with Gasteiger partial charge in [-0.25, -0.2) is 4.39 Å². The zero-order valence-electron chi connectivity index (χ0n) is 8.24. The Morgan fingerprint density at radius 2 is 1.67 bits per heavy atom. The smallest absolute Gasteiger partial charge is 0.123 e. The van der Waals surface area contributed by atoms with Gasteiger partial charge in [0.15, 0.2) is 0 Å². The van der Waals surface area contributed by atoms with Crippen LogP contribution in [0.3, 0.4) is 0 Å². The summed E-state index contributed by atoms with van der Waals surface area (Å²) in [6.45, 7) is 0.591. The van der Waals surface area contributed by atoms with Crippen LogP contribution in [0.1, 0.15) is 15.3 Å². The topological polar surface area (TPSA) is 26.0 Å². The fourth-order valence-corrected chi connectivity index (χ4v) is 2.36. The average Bonchev–Trinajstić information content (AvgIpc) is 2.69. The average molecular weight is 221 g/mol. The summed E-state index contributed by atoms with van der Waals surface area (Å²) in [5.74, 6) is -0.187. The Morgan fingerprint density at radius 3 is 2.27 bits per heavy atom. The van der Waals surface area contributed by atoms with E-state index in [-0.39, 0.29) is 5.82 Å². The van der Waals surface area contributed by atoms with E-state index in [4.69, 9.17) is 5.73 Å². The maximum atomic E-state index is 12.7. The zero-order chi connectivity index (χ0) is 10.7. The summed E-state index contributed by atoms with van der Waals surface area (Å²) < 4.78 is 12.7. The lowest BCUT2D eigenvalue weighted by Gasteiger charge is -1.97. The van der Waals surface area contributed by atoms with Crippen LogP contribution in [0.5, 0.6) is 0 Å². The lowest BCUT2D eigenvalue weighted by Crippen LogP contribution is -1.91. The minimum atomic E-state index is -0.187. The van der Waals surface area contributed by atoms with Gasteiger partial charge in [0.05, 0.1) is 0 Å². The molecule has 78 valence electrons. The van der Waals surface area contributed by atoms with Crippen molar-refractivity contribution in [3.8, 4) is 0 Å². The lowest BCUT2D eigenvalue weighted by molar-refractivity contribution is 0.627. The highest BCUT2D eigenvalue weighted by atomic mass is 32.1. The molecule has 0 radical (unpaired) electrons. The second kappa shape index (κ2) is 4.55. The van der Waals surface area contributed by atoms with E-state index in [1.807, 2.05) is 18.2 Å². The fraction of sp³-hybridized carbons (Fsp3) is 0.167. The summed E-state index contributed by atoms with van der Waals surface area (Å²) >= 11 is 1.71. The molecule has 0 spiro atoms. The largest absolute Gasteiger partial charge is 0.326 e. The number of nitrogens with two attached hydrogens (primary N) is 1. The molecule has 0 aliphatic carbocycles. The number of halogens is 1. The molecule has 1 aromatic heterocycles. The molecule has 2 rings (SSSR count). The summed E-state index contributed by atoms with van der Waals surface area (Å²) in [6, 6.07) is 10.7. The summed E-state index contributed by atoms with van der Waals surface area (Å²) in [4.78, 5) is 2.45.